The van der Waals surface area contributed by atoms with E-state index in [0.29, 0.717) is 0 Å². The van der Waals surface area contributed by atoms with Gasteiger partial charge in [-0.2, -0.15) is 0 Å². The lowest BCUT2D eigenvalue weighted by atomic mass is 10.0. The number of pyridine rings is 1. The van der Waals surface area contributed by atoms with E-state index < -0.39 is 0 Å². The Bertz CT molecular complexity index is 367. The number of rotatable bonds is 2. The molecule has 2 heterocycles. The molecule has 1 aromatic heterocycles. The van der Waals surface area contributed by atoms with E-state index >= 15 is 0 Å². The molecule has 1 aromatic rings. The van der Waals surface area contributed by atoms with Gasteiger partial charge in [0.1, 0.15) is 5.82 Å². The SMILES string of the molecule is CC.CC/C=C(\C)c1ccnc2c1CCN2. The van der Waals surface area contributed by atoms with Crippen molar-refractivity contribution in [1.29, 1.82) is 0 Å². The van der Waals surface area contributed by atoms with E-state index in [9.17, 15) is 0 Å². The van der Waals surface area contributed by atoms with Gasteiger partial charge in [-0.25, -0.2) is 4.98 Å². The van der Waals surface area contributed by atoms with Gasteiger partial charge in [0, 0.05) is 18.3 Å². The fourth-order valence-electron chi connectivity index (χ4n) is 1.99. The Morgan fingerprint density at radius 3 is 2.94 bits per heavy atom. The second-order valence-corrected chi connectivity index (χ2v) is 3.66. The molecule has 0 saturated carbocycles. The number of anilines is 1. The van der Waals surface area contributed by atoms with Gasteiger partial charge in [0.05, 0.1) is 0 Å². The van der Waals surface area contributed by atoms with Crippen molar-refractivity contribution < 1.29 is 0 Å². The first-order valence-corrected chi connectivity index (χ1v) is 6.21. The number of nitrogens with zero attached hydrogens (tertiary/aromatic N) is 1. The quantitative estimate of drug-likeness (QED) is 0.814. The first-order valence-electron chi connectivity index (χ1n) is 6.21. The maximum Gasteiger partial charge on any atom is 0.129 e. The molecule has 1 aliphatic rings. The van der Waals surface area contributed by atoms with Gasteiger partial charge in [-0.05, 0) is 37.0 Å². The summed E-state index contributed by atoms with van der Waals surface area (Å²) in [7, 11) is 0. The van der Waals surface area contributed by atoms with Crippen LogP contribution in [-0.4, -0.2) is 11.5 Å². The average Bonchev–Trinajstić information content (AvgIpc) is 2.79. The van der Waals surface area contributed by atoms with Crippen LogP contribution in [0.15, 0.2) is 18.3 Å². The molecule has 2 heteroatoms. The summed E-state index contributed by atoms with van der Waals surface area (Å²) in [6.45, 7) is 9.37. The van der Waals surface area contributed by atoms with Gasteiger partial charge in [-0.1, -0.05) is 26.8 Å². The first-order chi connectivity index (χ1) is 7.83. The molecule has 0 radical (unpaired) electrons. The van der Waals surface area contributed by atoms with Crippen LogP contribution in [0, 0.1) is 0 Å². The molecule has 16 heavy (non-hydrogen) atoms. The van der Waals surface area contributed by atoms with Gasteiger partial charge < -0.3 is 5.32 Å². The number of fused-ring (bicyclic) bond motifs is 1. The monoisotopic (exact) mass is 218 g/mol. The zero-order chi connectivity index (χ0) is 12.0. The highest BCUT2D eigenvalue weighted by molar-refractivity contribution is 5.71. The zero-order valence-corrected chi connectivity index (χ0v) is 10.8. The van der Waals surface area contributed by atoms with Crippen molar-refractivity contribution in [3.63, 3.8) is 0 Å². The predicted molar refractivity (Wildman–Crippen MR) is 71.7 cm³/mol. The third kappa shape index (κ3) is 2.63. The van der Waals surface area contributed by atoms with Crippen molar-refractivity contribution >= 4 is 11.4 Å². The minimum absolute atomic E-state index is 1.03. The molecule has 0 aromatic carbocycles. The van der Waals surface area contributed by atoms with Gasteiger partial charge in [0.2, 0.25) is 0 Å². The Labute approximate surface area is 98.8 Å². The molecule has 0 atom stereocenters. The Morgan fingerprint density at radius 1 is 1.50 bits per heavy atom. The molecule has 0 spiro atoms. The third-order valence-corrected chi connectivity index (χ3v) is 2.66. The maximum absolute atomic E-state index is 4.32. The van der Waals surface area contributed by atoms with E-state index in [1.807, 2.05) is 20.0 Å². The van der Waals surface area contributed by atoms with E-state index in [0.717, 1.165) is 25.2 Å². The second-order valence-electron chi connectivity index (χ2n) is 3.66. The third-order valence-electron chi connectivity index (χ3n) is 2.66. The van der Waals surface area contributed by atoms with E-state index in [1.165, 1.54) is 16.7 Å². The molecular weight excluding hydrogens is 196 g/mol. The lowest BCUT2D eigenvalue weighted by Crippen LogP contribution is -1.92. The van der Waals surface area contributed by atoms with Gasteiger partial charge in [0.25, 0.3) is 0 Å². The van der Waals surface area contributed by atoms with Crippen LogP contribution in [0.1, 0.15) is 45.2 Å². The molecule has 0 unspecified atom stereocenters. The summed E-state index contributed by atoms with van der Waals surface area (Å²) >= 11 is 0. The molecular formula is C14H22N2. The van der Waals surface area contributed by atoms with Crippen LogP contribution in [0.2, 0.25) is 0 Å². The smallest absolute Gasteiger partial charge is 0.129 e. The van der Waals surface area contributed by atoms with Crippen molar-refractivity contribution in [2.45, 2.75) is 40.5 Å². The van der Waals surface area contributed by atoms with Crippen LogP contribution >= 0.6 is 0 Å². The highest BCUT2D eigenvalue weighted by atomic mass is 15.0. The normalized spacial score (nSPS) is 13.6. The summed E-state index contributed by atoms with van der Waals surface area (Å²) < 4.78 is 0. The van der Waals surface area contributed by atoms with Crippen LogP contribution < -0.4 is 5.32 Å². The van der Waals surface area contributed by atoms with E-state index in [-0.39, 0.29) is 0 Å². The number of nitrogens with one attached hydrogen (secondary N) is 1. The molecule has 0 bridgehead atoms. The molecule has 2 rings (SSSR count). The largest absolute Gasteiger partial charge is 0.369 e. The topological polar surface area (TPSA) is 24.9 Å². The Morgan fingerprint density at radius 2 is 2.25 bits per heavy atom. The Kier molecular flexibility index (Phi) is 5.03. The van der Waals surface area contributed by atoms with Gasteiger partial charge >= 0.3 is 0 Å². The maximum atomic E-state index is 4.32. The Hall–Kier alpha value is -1.31. The molecule has 0 fully saturated rings. The lowest BCUT2D eigenvalue weighted by molar-refractivity contribution is 1.10. The van der Waals surface area contributed by atoms with Crippen molar-refractivity contribution in [2.24, 2.45) is 0 Å². The van der Waals surface area contributed by atoms with Crippen LogP contribution in [-0.2, 0) is 6.42 Å². The van der Waals surface area contributed by atoms with E-state index in [1.54, 1.807) is 0 Å². The highest BCUT2D eigenvalue weighted by Crippen LogP contribution is 2.27. The van der Waals surface area contributed by atoms with Crippen LogP contribution in [0.3, 0.4) is 0 Å². The van der Waals surface area contributed by atoms with E-state index in [2.05, 4.69) is 36.3 Å². The number of allylic oxidation sites excluding steroid dienone is 2. The van der Waals surface area contributed by atoms with Crippen molar-refractivity contribution in [3.8, 4) is 0 Å². The summed E-state index contributed by atoms with van der Waals surface area (Å²) in [5.41, 5.74) is 4.12. The Balaban J connectivity index is 0.000000606. The number of hydrogen-bond acceptors (Lipinski definition) is 2. The fraction of sp³-hybridized carbons (Fsp3) is 0.500. The summed E-state index contributed by atoms with van der Waals surface area (Å²) in [5.74, 6) is 1.08. The van der Waals surface area contributed by atoms with Gasteiger partial charge in [-0.3, -0.25) is 0 Å². The van der Waals surface area contributed by atoms with E-state index in [4.69, 9.17) is 0 Å². The van der Waals surface area contributed by atoms with Crippen LogP contribution in [0.4, 0.5) is 5.82 Å². The van der Waals surface area contributed by atoms with Crippen LogP contribution in [0.25, 0.3) is 5.57 Å². The first kappa shape index (κ1) is 12.8. The fourth-order valence-corrected chi connectivity index (χ4v) is 1.99. The molecule has 0 saturated heterocycles. The minimum Gasteiger partial charge on any atom is -0.369 e. The van der Waals surface area contributed by atoms with Crippen molar-refractivity contribution in [2.75, 3.05) is 11.9 Å². The van der Waals surface area contributed by atoms with Crippen molar-refractivity contribution in [1.82, 2.24) is 4.98 Å². The number of aromatic nitrogens is 1. The summed E-state index contributed by atoms with van der Waals surface area (Å²) in [6.07, 6.45) is 6.36. The van der Waals surface area contributed by atoms with Crippen LogP contribution in [0.5, 0.6) is 0 Å². The predicted octanol–water partition coefficient (Wildman–Crippen LogP) is 3.89. The van der Waals surface area contributed by atoms with Crippen molar-refractivity contribution in [3.05, 3.63) is 29.5 Å². The molecule has 1 N–H and O–H groups in total. The molecule has 0 aliphatic carbocycles. The highest BCUT2D eigenvalue weighted by Gasteiger charge is 2.15. The summed E-state index contributed by atoms with van der Waals surface area (Å²) in [6, 6.07) is 2.12. The lowest BCUT2D eigenvalue weighted by Gasteiger charge is -2.06. The molecule has 1 aliphatic heterocycles. The molecule has 88 valence electrons. The summed E-state index contributed by atoms with van der Waals surface area (Å²) in [4.78, 5) is 4.32. The summed E-state index contributed by atoms with van der Waals surface area (Å²) in [5, 5.41) is 3.30. The second kappa shape index (κ2) is 6.31. The zero-order valence-electron chi connectivity index (χ0n) is 10.8. The molecule has 2 nitrogen and oxygen atoms in total. The number of hydrogen-bond donors (Lipinski definition) is 1. The van der Waals surface area contributed by atoms with Gasteiger partial charge in [0.15, 0.2) is 0 Å². The average molecular weight is 218 g/mol. The minimum atomic E-state index is 1.03. The molecule has 0 amide bonds. The standard InChI is InChI=1S/C12H16N2.C2H6/c1-3-4-9(2)10-5-7-13-12-11(10)6-8-14-12;1-2/h4-5,7H,3,6,8H2,1-2H3,(H,13,14);1-2H3/b9-4+;. The van der Waals surface area contributed by atoms with Gasteiger partial charge in [-0.15, -0.1) is 0 Å².